The third-order valence-corrected chi connectivity index (χ3v) is 3.63. The van der Waals surface area contributed by atoms with Gasteiger partial charge in [-0.3, -0.25) is 4.98 Å². The van der Waals surface area contributed by atoms with Gasteiger partial charge in [-0.15, -0.1) is 0 Å². The van der Waals surface area contributed by atoms with Crippen molar-refractivity contribution in [3.8, 4) is 16.9 Å². The fourth-order valence-electron chi connectivity index (χ4n) is 2.47. The predicted molar refractivity (Wildman–Crippen MR) is 87.5 cm³/mol. The number of hydrogen-bond acceptors (Lipinski definition) is 3. The highest BCUT2D eigenvalue weighted by Crippen LogP contribution is 2.32. The first-order chi connectivity index (χ1) is 11.1. The van der Waals surface area contributed by atoms with Gasteiger partial charge in [-0.2, -0.15) is 0 Å². The molecule has 0 aliphatic carbocycles. The number of pyridine rings is 1. The summed E-state index contributed by atoms with van der Waals surface area (Å²) in [7, 11) is 0. The third-order valence-electron chi connectivity index (χ3n) is 3.63. The van der Waals surface area contributed by atoms with Crippen LogP contribution in [-0.2, 0) is 6.42 Å². The normalized spacial score (nSPS) is 10.4. The quantitative estimate of drug-likeness (QED) is 0.770. The van der Waals surface area contributed by atoms with Gasteiger partial charge in [-0.1, -0.05) is 42.5 Å². The molecule has 3 aromatic rings. The minimum atomic E-state index is -0.995. The number of carboxylic acids is 1. The Morgan fingerprint density at radius 1 is 1.00 bits per heavy atom. The zero-order valence-electron chi connectivity index (χ0n) is 12.3. The second-order valence-electron chi connectivity index (χ2n) is 5.20. The minimum Gasteiger partial charge on any atom is -0.505 e. The lowest BCUT2D eigenvalue weighted by Crippen LogP contribution is -1.97. The molecule has 0 amide bonds. The summed E-state index contributed by atoms with van der Waals surface area (Å²) >= 11 is 0. The van der Waals surface area contributed by atoms with Gasteiger partial charge < -0.3 is 10.2 Å². The number of aromatic carboxylic acids is 1. The molecule has 0 unspecified atom stereocenters. The van der Waals surface area contributed by atoms with Crippen LogP contribution < -0.4 is 0 Å². The molecule has 0 fully saturated rings. The summed E-state index contributed by atoms with van der Waals surface area (Å²) in [6.45, 7) is 0. The largest absolute Gasteiger partial charge is 0.505 e. The lowest BCUT2D eigenvalue weighted by molar-refractivity contribution is 0.0697. The number of aromatic nitrogens is 1. The van der Waals surface area contributed by atoms with Gasteiger partial charge in [0.2, 0.25) is 0 Å². The van der Waals surface area contributed by atoms with Crippen LogP contribution in [-0.4, -0.2) is 21.2 Å². The van der Waals surface area contributed by atoms with E-state index >= 15 is 0 Å². The summed E-state index contributed by atoms with van der Waals surface area (Å²) < 4.78 is 0. The molecular formula is C19H15NO3. The number of rotatable bonds is 4. The SMILES string of the molecule is O=C(O)c1cccc(-c2ccnc(Cc3ccccc3)c2O)c1. The molecule has 2 N–H and O–H groups in total. The van der Waals surface area contributed by atoms with Gasteiger partial charge in [0.25, 0.3) is 0 Å². The van der Waals surface area contributed by atoms with E-state index in [0.717, 1.165) is 5.56 Å². The van der Waals surface area contributed by atoms with E-state index in [2.05, 4.69) is 4.98 Å². The zero-order chi connectivity index (χ0) is 16.2. The maximum Gasteiger partial charge on any atom is 0.335 e. The summed E-state index contributed by atoms with van der Waals surface area (Å²) in [5, 5.41) is 19.6. The van der Waals surface area contributed by atoms with Crippen LogP contribution in [0.15, 0.2) is 66.9 Å². The van der Waals surface area contributed by atoms with Crippen molar-refractivity contribution < 1.29 is 15.0 Å². The maximum atomic E-state index is 11.1. The molecular weight excluding hydrogens is 290 g/mol. The van der Waals surface area contributed by atoms with Crippen LogP contribution in [0.4, 0.5) is 0 Å². The van der Waals surface area contributed by atoms with E-state index in [9.17, 15) is 9.90 Å². The molecule has 4 nitrogen and oxygen atoms in total. The molecule has 0 spiro atoms. The van der Waals surface area contributed by atoms with Gasteiger partial charge >= 0.3 is 5.97 Å². The van der Waals surface area contributed by atoms with Crippen molar-refractivity contribution in [3.63, 3.8) is 0 Å². The van der Waals surface area contributed by atoms with Crippen molar-refractivity contribution >= 4 is 5.97 Å². The average molecular weight is 305 g/mol. The maximum absolute atomic E-state index is 11.1. The Morgan fingerprint density at radius 2 is 1.78 bits per heavy atom. The topological polar surface area (TPSA) is 70.4 Å². The van der Waals surface area contributed by atoms with Crippen molar-refractivity contribution in [2.45, 2.75) is 6.42 Å². The van der Waals surface area contributed by atoms with Crippen molar-refractivity contribution in [2.75, 3.05) is 0 Å². The number of nitrogens with zero attached hydrogens (tertiary/aromatic N) is 1. The Hall–Kier alpha value is -3.14. The summed E-state index contributed by atoms with van der Waals surface area (Å²) in [4.78, 5) is 15.4. The van der Waals surface area contributed by atoms with Gasteiger partial charge in [-0.05, 0) is 29.3 Å². The van der Waals surface area contributed by atoms with Crippen LogP contribution in [0.5, 0.6) is 5.75 Å². The second kappa shape index (κ2) is 6.32. The lowest BCUT2D eigenvalue weighted by atomic mass is 10.0. The summed E-state index contributed by atoms with van der Waals surface area (Å²) in [5.74, 6) is -0.913. The molecule has 114 valence electrons. The molecule has 1 aromatic heterocycles. The zero-order valence-corrected chi connectivity index (χ0v) is 12.3. The first-order valence-corrected chi connectivity index (χ1v) is 7.19. The van der Waals surface area contributed by atoms with Crippen LogP contribution in [0, 0.1) is 0 Å². The van der Waals surface area contributed by atoms with Crippen molar-refractivity contribution in [3.05, 3.63) is 83.7 Å². The molecule has 0 bridgehead atoms. The van der Waals surface area contributed by atoms with Gasteiger partial charge in [0.15, 0.2) is 0 Å². The predicted octanol–water partition coefficient (Wildman–Crippen LogP) is 3.74. The Kier molecular flexibility index (Phi) is 4.06. The standard InChI is InChI=1S/C19H15NO3/c21-18-16(14-7-4-8-15(12-14)19(22)23)9-10-20-17(18)11-13-5-2-1-3-6-13/h1-10,12,21H,11H2,(H,22,23). The van der Waals surface area contributed by atoms with E-state index < -0.39 is 5.97 Å². The fourth-order valence-corrected chi connectivity index (χ4v) is 2.47. The molecule has 2 aromatic carbocycles. The van der Waals surface area contributed by atoms with Crippen LogP contribution in [0.1, 0.15) is 21.6 Å². The van der Waals surface area contributed by atoms with E-state index in [4.69, 9.17) is 5.11 Å². The van der Waals surface area contributed by atoms with Gasteiger partial charge in [0.05, 0.1) is 11.3 Å². The van der Waals surface area contributed by atoms with Crippen LogP contribution in [0.25, 0.3) is 11.1 Å². The molecule has 23 heavy (non-hydrogen) atoms. The van der Waals surface area contributed by atoms with Gasteiger partial charge in [-0.25, -0.2) is 4.79 Å². The van der Waals surface area contributed by atoms with Crippen molar-refractivity contribution in [1.29, 1.82) is 0 Å². The third kappa shape index (κ3) is 3.21. The Morgan fingerprint density at radius 3 is 2.52 bits per heavy atom. The van der Waals surface area contributed by atoms with Gasteiger partial charge in [0.1, 0.15) is 5.75 Å². The molecule has 0 aliphatic rings. The lowest BCUT2D eigenvalue weighted by Gasteiger charge is -2.10. The van der Waals surface area contributed by atoms with E-state index in [1.165, 1.54) is 6.07 Å². The smallest absolute Gasteiger partial charge is 0.335 e. The fraction of sp³-hybridized carbons (Fsp3) is 0.0526. The van der Waals surface area contributed by atoms with E-state index in [1.807, 2.05) is 30.3 Å². The van der Waals surface area contributed by atoms with E-state index in [1.54, 1.807) is 30.5 Å². The van der Waals surface area contributed by atoms with E-state index in [0.29, 0.717) is 23.2 Å². The number of carboxylic acid groups (broad SMARTS) is 1. The highest BCUT2D eigenvalue weighted by molar-refractivity contribution is 5.89. The van der Waals surface area contributed by atoms with Crippen LogP contribution >= 0.6 is 0 Å². The van der Waals surface area contributed by atoms with E-state index in [-0.39, 0.29) is 11.3 Å². The monoisotopic (exact) mass is 305 g/mol. The van der Waals surface area contributed by atoms with Crippen LogP contribution in [0.3, 0.4) is 0 Å². The minimum absolute atomic E-state index is 0.0823. The first-order valence-electron chi connectivity index (χ1n) is 7.19. The number of carbonyl (C=O) groups is 1. The second-order valence-corrected chi connectivity index (χ2v) is 5.20. The molecule has 0 radical (unpaired) electrons. The molecule has 0 saturated carbocycles. The van der Waals surface area contributed by atoms with Crippen LogP contribution in [0.2, 0.25) is 0 Å². The number of aromatic hydroxyl groups is 1. The average Bonchev–Trinajstić information content (AvgIpc) is 2.58. The van der Waals surface area contributed by atoms with Crippen molar-refractivity contribution in [2.24, 2.45) is 0 Å². The Bertz CT molecular complexity index is 844. The Balaban J connectivity index is 2.00. The Labute approximate surface area is 133 Å². The molecule has 0 aliphatic heterocycles. The summed E-state index contributed by atoms with van der Waals surface area (Å²) in [6.07, 6.45) is 2.14. The molecule has 1 heterocycles. The summed E-state index contributed by atoms with van der Waals surface area (Å²) in [5.41, 5.74) is 3.03. The highest BCUT2D eigenvalue weighted by Gasteiger charge is 2.12. The number of benzene rings is 2. The summed E-state index contributed by atoms with van der Waals surface area (Å²) in [6, 6.07) is 17.9. The molecule has 3 rings (SSSR count). The highest BCUT2D eigenvalue weighted by atomic mass is 16.4. The first kappa shape index (κ1) is 14.8. The molecule has 0 saturated heterocycles. The van der Waals surface area contributed by atoms with Crippen molar-refractivity contribution in [1.82, 2.24) is 4.98 Å². The molecule has 4 heteroatoms. The number of hydrogen-bond donors (Lipinski definition) is 2. The molecule has 0 atom stereocenters. The van der Waals surface area contributed by atoms with Gasteiger partial charge in [0, 0.05) is 18.2 Å².